The van der Waals surface area contributed by atoms with Gasteiger partial charge in [0.25, 0.3) is 5.91 Å². The van der Waals surface area contributed by atoms with Crippen molar-refractivity contribution in [3.05, 3.63) is 46.8 Å². The lowest BCUT2D eigenvalue weighted by Gasteiger charge is -2.29. The number of carbonyl (C=O) groups excluding carboxylic acids is 1. The summed E-state index contributed by atoms with van der Waals surface area (Å²) >= 11 is 3.40. The Kier molecular flexibility index (Phi) is 4.91. The molecule has 0 spiro atoms. The molecular formula is C17H19BrN4O. The van der Waals surface area contributed by atoms with Crippen LogP contribution in [0, 0.1) is 5.92 Å². The molecule has 1 aliphatic rings. The zero-order chi connectivity index (χ0) is 16.2. The first-order valence-corrected chi connectivity index (χ1v) is 8.55. The maximum atomic E-state index is 12.4. The second kappa shape index (κ2) is 7.08. The average molecular weight is 375 g/mol. The molecule has 2 heterocycles. The Labute approximate surface area is 144 Å². The largest absolute Gasteiger partial charge is 0.339 e. The molecule has 0 atom stereocenters. The molecule has 120 valence electrons. The molecule has 1 aromatic carbocycles. The van der Waals surface area contributed by atoms with Crippen LogP contribution < -0.4 is 5.32 Å². The van der Waals surface area contributed by atoms with E-state index in [1.807, 2.05) is 29.2 Å². The van der Waals surface area contributed by atoms with Gasteiger partial charge in [0.05, 0.1) is 12.4 Å². The van der Waals surface area contributed by atoms with Crippen molar-refractivity contribution < 1.29 is 4.79 Å². The summed E-state index contributed by atoms with van der Waals surface area (Å²) in [5.74, 6) is 1.29. The number of carbonyl (C=O) groups is 1. The highest BCUT2D eigenvalue weighted by atomic mass is 79.9. The van der Waals surface area contributed by atoms with E-state index in [1.54, 1.807) is 12.4 Å². The minimum Gasteiger partial charge on any atom is -0.339 e. The van der Waals surface area contributed by atoms with E-state index in [-0.39, 0.29) is 5.91 Å². The molecule has 1 aliphatic heterocycles. The molecule has 1 fully saturated rings. The van der Waals surface area contributed by atoms with Crippen molar-refractivity contribution in [1.82, 2.24) is 14.9 Å². The Bertz CT molecular complexity index is 664. The van der Waals surface area contributed by atoms with E-state index in [0.29, 0.717) is 17.4 Å². The number of nitrogens with one attached hydrogen (secondary N) is 1. The van der Waals surface area contributed by atoms with E-state index in [0.717, 1.165) is 36.1 Å². The lowest BCUT2D eigenvalue weighted by molar-refractivity contribution is 0.0691. The molecular weight excluding hydrogens is 356 g/mol. The molecule has 0 radical (unpaired) electrons. The SMILES string of the molecule is CC1CCN(C(=O)c2cnc(Nc3ccc(Br)cc3)cn2)CC1. The molecule has 23 heavy (non-hydrogen) atoms. The van der Waals surface area contributed by atoms with Crippen LogP contribution in [-0.4, -0.2) is 33.9 Å². The molecule has 5 nitrogen and oxygen atoms in total. The minimum absolute atomic E-state index is 0.0282. The number of hydrogen-bond acceptors (Lipinski definition) is 4. The number of aromatic nitrogens is 2. The van der Waals surface area contributed by atoms with Crippen LogP contribution in [0.5, 0.6) is 0 Å². The molecule has 3 rings (SSSR count). The molecule has 1 saturated heterocycles. The van der Waals surface area contributed by atoms with Crippen molar-refractivity contribution in [1.29, 1.82) is 0 Å². The van der Waals surface area contributed by atoms with Crippen molar-refractivity contribution in [3.8, 4) is 0 Å². The van der Waals surface area contributed by atoms with E-state index in [4.69, 9.17) is 0 Å². The van der Waals surface area contributed by atoms with Crippen molar-refractivity contribution in [2.24, 2.45) is 5.92 Å². The number of rotatable bonds is 3. The number of benzene rings is 1. The quantitative estimate of drug-likeness (QED) is 0.885. The first-order valence-electron chi connectivity index (χ1n) is 7.76. The zero-order valence-corrected chi connectivity index (χ0v) is 14.6. The Hall–Kier alpha value is -1.95. The van der Waals surface area contributed by atoms with Gasteiger partial charge < -0.3 is 10.2 Å². The first-order chi connectivity index (χ1) is 11.1. The van der Waals surface area contributed by atoms with E-state index in [1.165, 1.54) is 0 Å². The predicted octanol–water partition coefficient (Wildman–Crippen LogP) is 3.85. The van der Waals surface area contributed by atoms with Gasteiger partial charge in [0.15, 0.2) is 0 Å². The van der Waals surface area contributed by atoms with Gasteiger partial charge in [0.2, 0.25) is 0 Å². The fraction of sp³-hybridized carbons (Fsp3) is 0.353. The van der Waals surface area contributed by atoms with Crippen LogP contribution in [0.4, 0.5) is 11.5 Å². The molecule has 0 saturated carbocycles. The number of halogens is 1. The first kappa shape index (κ1) is 15.9. The molecule has 6 heteroatoms. The van der Waals surface area contributed by atoms with E-state index < -0.39 is 0 Å². The maximum absolute atomic E-state index is 12.4. The molecule has 1 aromatic heterocycles. The monoisotopic (exact) mass is 374 g/mol. The average Bonchev–Trinajstić information content (AvgIpc) is 2.58. The Morgan fingerprint density at radius 2 is 1.87 bits per heavy atom. The molecule has 1 amide bonds. The van der Waals surface area contributed by atoms with Gasteiger partial charge in [-0.1, -0.05) is 22.9 Å². The lowest BCUT2D eigenvalue weighted by Crippen LogP contribution is -2.38. The van der Waals surface area contributed by atoms with Crippen molar-refractivity contribution in [2.45, 2.75) is 19.8 Å². The maximum Gasteiger partial charge on any atom is 0.274 e. The number of piperidine rings is 1. The van der Waals surface area contributed by atoms with Crippen LogP contribution in [0.2, 0.25) is 0 Å². The molecule has 0 bridgehead atoms. The fourth-order valence-corrected chi connectivity index (χ4v) is 2.82. The molecule has 0 aliphatic carbocycles. The number of nitrogens with zero attached hydrogens (tertiary/aromatic N) is 3. The molecule has 1 N–H and O–H groups in total. The van der Waals surface area contributed by atoms with Gasteiger partial charge in [-0.2, -0.15) is 0 Å². The van der Waals surface area contributed by atoms with Crippen LogP contribution in [-0.2, 0) is 0 Å². The summed E-state index contributed by atoms with van der Waals surface area (Å²) < 4.78 is 1.02. The van der Waals surface area contributed by atoms with Gasteiger partial charge >= 0.3 is 0 Å². The zero-order valence-electron chi connectivity index (χ0n) is 13.0. The van der Waals surface area contributed by atoms with Crippen molar-refractivity contribution >= 4 is 33.3 Å². The predicted molar refractivity (Wildman–Crippen MR) is 93.8 cm³/mol. The van der Waals surface area contributed by atoms with Crippen molar-refractivity contribution in [2.75, 3.05) is 18.4 Å². The highest BCUT2D eigenvalue weighted by molar-refractivity contribution is 9.10. The van der Waals surface area contributed by atoms with Crippen LogP contribution in [0.3, 0.4) is 0 Å². The number of hydrogen-bond donors (Lipinski definition) is 1. The molecule has 0 unspecified atom stereocenters. The fourth-order valence-electron chi connectivity index (χ4n) is 2.56. The summed E-state index contributed by atoms with van der Waals surface area (Å²) in [6, 6.07) is 7.79. The van der Waals surface area contributed by atoms with Gasteiger partial charge in [-0.25, -0.2) is 9.97 Å². The number of likely N-dealkylation sites (tertiary alicyclic amines) is 1. The summed E-state index contributed by atoms with van der Waals surface area (Å²) in [7, 11) is 0. The summed E-state index contributed by atoms with van der Waals surface area (Å²) in [5.41, 5.74) is 1.33. The minimum atomic E-state index is -0.0282. The number of anilines is 2. The van der Waals surface area contributed by atoms with E-state index in [9.17, 15) is 4.79 Å². The lowest BCUT2D eigenvalue weighted by atomic mass is 9.99. The van der Waals surface area contributed by atoms with Crippen molar-refractivity contribution in [3.63, 3.8) is 0 Å². The van der Waals surface area contributed by atoms with Crippen LogP contribution in [0.25, 0.3) is 0 Å². The third kappa shape index (κ3) is 4.07. The summed E-state index contributed by atoms with van der Waals surface area (Å²) in [4.78, 5) is 22.8. The summed E-state index contributed by atoms with van der Waals surface area (Å²) in [5, 5.41) is 3.16. The number of amides is 1. The van der Waals surface area contributed by atoms with Crippen LogP contribution in [0.15, 0.2) is 41.1 Å². The second-order valence-electron chi connectivity index (χ2n) is 5.89. The third-order valence-electron chi connectivity index (χ3n) is 4.06. The standard InChI is InChI=1S/C17H19BrN4O/c1-12-6-8-22(9-7-12)17(23)15-10-20-16(11-19-15)21-14-4-2-13(18)3-5-14/h2-5,10-12H,6-9H2,1H3,(H,20,21). The molecule has 2 aromatic rings. The van der Waals surface area contributed by atoms with Gasteiger partial charge in [-0.05, 0) is 43.0 Å². The van der Waals surface area contributed by atoms with Gasteiger partial charge in [-0.15, -0.1) is 0 Å². The van der Waals surface area contributed by atoms with Gasteiger partial charge in [-0.3, -0.25) is 4.79 Å². The summed E-state index contributed by atoms with van der Waals surface area (Å²) in [6.07, 6.45) is 5.26. The van der Waals surface area contributed by atoms with Gasteiger partial charge in [0, 0.05) is 23.2 Å². The van der Waals surface area contributed by atoms with Crippen LogP contribution in [0.1, 0.15) is 30.3 Å². The highest BCUT2D eigenvalue weighted by Crippen LogP contribution is 2.19. The van der Waals surface area contributed by atoms with E-state index in [2.05, 4.69) is 38.1 Å². The smallest absolute Gasteiger partial charge is 0.274 e. The Morgan fingerprint density at radius 1 is 1.17 bits per heavy atom. The third-order valence-corrected chi connectivity index (χ3v) is 4.59. The Balaban J connectivity index is 1.64. The summed E-state index contributed by atoms with van der Waals surface area (Å²) in [6.45, 7) is 3.84. The van der Waals surface area contributed by atoms with Gasteiger partial charge in [0.1, 0.15) is 11.5 Å². The van der Waals surface area contributed by atoms with E-state index >= 15 is 0 Å². The van der Waals surface area contributed by atoms with Crippen LogP contribution >= 0.6 is 15.9 Å². The topological polar surface area (TPSA) is 58.1 Å². The second-order valence-corrected chi connectivity index (χ2v) is 6.81. The Morgan fingerprint density at radius 3 is 2.48 bits per heavy atom. The normalized spacial score (nSPS) is 15.5. The highest BCUT2D eigenvalue weighted by Gasteiger charge is 2.22.